The first-order chi connectivity index (χ1) is 8.74. The second kappa shape index (κ2) is 4.30. The lowest BCUT2D eigenvalue weighted by atomic mass is 10.1. The van der Waals surface area contributed by atoms with Crippen LogP contribution in [0.15, 0.2) is 48.5 Å². The Balaban J connectivity index is 1.91. The van der Waals surface area contributed by atoms with Crippen LogP contribution in [-0.2, 0) is 17.8 Å². The Labute approximate surface area is 107 Å². The van der Waals surface area contributed by atoms with E-state index in [1.807, 2.05) is 35.2 Å². The van der Waals surface area contributed by atoms with Gasteiger partial charge in [0, 0.05) is 5.69 Å². The van der Waals surface area contributed by atoms with Crippen LogP contribution in [0.1, 0.15) is 16.7 Å². The molecule has 2 aromatic rings. The van der Waals surface area contributed by atoms with Gasteiger partial charge in [0.1, 0.15) is 0 Å². The fourth-order valence-corrected chi connectivity index (χ4v) is 2.48. The molecule has 1 aliphatic rings. The highest BCUT2D eigenvalue weighted by molar-refractivity contribution is 6.01. The molecule has 1 aliphatic heterocycles. The van der Waals surface area contributed by atoms with Gasteiger partial charge in [-0.05, 0) is 24.1 Å². The molecule has 0 spiro atoms. The largest absolute Gasteiger partial charge is 0.307 e. The average Bonchev–Trinajstić information content (AvgIpc) is 2.66. The summed E-state index contributed by atoms with van der Waals surface area (Å²) in [5, 5.41) is 0. The van der Waals surface area contributed by atoms with Crippen molar-refractivity contribution < 1.29 is 4.79 Å². The van der Waals surface area contributed by atoms with E-state index in [-0.39, 0.29) is 5.91 Å². The zero-order chi connectivity index (χ0) is 12.5. The van der Waals surface area contributed by atoms with Crippen LogP contribution in [0.5, 0.6) is 0 Å². The number of hydrogen-bond donors (Lipinski definition) is 0. The maximum absolute atomic E-state index is 12.0. The molecular weight excluding hydrogens is 222 g/mol. The van der Waals surface area contributed by atoms with Crippen molar-refractivity contribution in [3.63, 3.8) is 0 Å². The van der Waals surface area contributed by atoms with Crippen molar-refractivity contribution in [3.8, 4) is 0 Å². The fourth-order valence-electron chi connectivity index (χ4n) is 2.48. The summed E-state index contributed by atoms with van der Waals surface area (Å²) >= 11 is 0. The van der Waals surface area contributed by atoms with Gasteiger partial charge < -0.3 is 4.90 Å². The van der Waals surface area contributed by atoms with Gasteiger partial charge in [0.25, 0.3) is 0 Å². The van der Waals surface area contributed by atoms with E-state index in [1.165, 1.54) is 11.1 Å². The average molecular weight is 237 g/mol. The lowest BCUT2D eigenvalue weighted by Gasteiger charge is -2.17. The van der Waals surface area contributed by atoms with E-state index in [0.29, 0.717) is 13.0 Å². The first-order valence-electron chi connectivity index (χ1n) is 6.18. The Morgan fingerprint density at radius 3 is 2.78 bits per heavy atom. The number of benzene rings is 2. The van der Waals surface area contributed by atoms with E-state index in [0.717, 1.165) is 11.3 Å². The quantitative estimate of drug-likeness (QED) is 0.786. The van der Waals surface area contributed by atoms with Gasteiger partial charge in [-0.1, -0.05) is 48.0 Å². The zero-order valence-electron chi connectivity index (χ0n) is 10.4. The minimum absolute atomic E-state index is 0.192. The summed E-state index contributed by atoms with van der Waals surface area (Å²) in [7, 11) is 0. The van der Waals surface area contributed by atoms with Crippen LogP contribution in [0.2, 0.25) is 0 Å². The molecule has 2 nitrogen and oxygen atoms in total. The summed E-state index contributed by atoms with van der Waals surface area (Å²) in [6, 6.07) is 16.3. The SMILES string of the molecule is Cc1cccc(CN2C(=O)Cc3ccccc32)c1. The van der Waals surface area contributed by atoms with Crippen LogP contribution in [-0.4, -0.2) is 5.91 Å². The number of rotatable bonds is 2. The van der Waals surface area contributed by atoms with Crippen molar-refractivity contribution in [1.82, 2.24) is 0 Å². The number of para-hydroxylation sites is 1. The second-order valence-electron chi connectivity index (χ2n) is 4.77. The molecule has 90 valence electrons. The summed E-state index contributed by atoms with van der Waals surface area (Å²) in [5.74, 6) is 0.192. The van der Waals surface area contributed by atoms with Crippen molar-refractivity contribution in [2.45, 2.75) is 19.9 Å². The van der Waals surface area contributed by atoms with E-state index in [2.05, 4.69) is 25.1 Å². The number of carbonyl (C=O) groups is 1. The molecule has 0 aliphatic carbocycles. The fraction of sp³-hybridized carbons (Fsp3) is 0.188. The summed E-state index contributed by atoms with van der Waals surface area (Å²) in [4.78, 5) is 13.9. The topological polar surface area (TPSA) is 20.3 Å². The molecule has 0 saturated carbocycles. The summed E-state index contributed by atoms with van der Waals surface area (Å²) in [6.45, 7) is 2.74. The van der Waals surface area contributed by atoms with E-state index in [9.17, 15) is 4.79 Å². The Bertz CT molecular complexity index is 604. The van der Waals surface area contributed by atoms with Crippen LogP contribution in [0, 0.1) is 6.92 Å². The van der Waals surface area contributed by atoms with Crippen molar-refractivity contribution in [3.05, 3.63) is 65.2 Å². The third-order valence-electron chi connectivity index (χ3n) is 3.35. The molecule has 3 rings (SSSR count). The van der Waals surface area contributed by atoms with Crippen molar-refractivity contribution >= 4 is 11.6 Å². The number of fused-ring (bicyclic) bond motifs is 1. The number of anilines is 1. The molecule has 0 fully saturated rings. The minimum atomic E-state index is 0.192. The van der Waals surface area contributed by atoms with Gasteiger partial charge >= 0.3 is 0 Å². The van der Waals surface area contributed by atoms with Gasteiger partial charge in [-0.15, -0.1) is 0 Å². The highest BCUT2D eigenvalue weighted by Gasteiger charge is 2.26. The lowest BCUT2D eigenvalue weighted by molar-refractivity contribution is -0.117. The highest BCUT2D eigenvalue weighted by atomic mass is 16.2. The molecule has 18 heavy (non-hydrogen) atoms. The second-order valence-corrected chi connectivity index (χ2v) is 4.77. The maximum Gasteiger partial charge on any atom is 0.231 e. The van der Waals surface area contributed by atoms with Crippen LogP contribution >= 0.6 is 0 Å². The number of hydrogen-bond acceptors (Lipinski definition) is 1. The van der Waals surface area contributed by atoms with Crippen LogP contribution < -0.4 is 4.90 Å². The van der Waals surface area contributed by atoms with Crippen molar-refractivity contribution in [2.24, 2.45) is 0 Å². The number of amides is 1. The predicted molar refractivity (Wildman–Crippen MR) is 72.5 cm³/mol. The van der Waals surface area contributed by atoms with Gasteiger partial charge in [-0.3, -0.25) is 4.79 Å². The zero-order valence-corrected chi connectivity index (χ0v) is 10.4. The molecular formula is C16H15NO. The summed E-state index contributed by atoms with van der Waals surface area (Å²) in [5.41, 5.74) is 4.60. The Morgan fingerprint density at radius 1 is 1.11 bits per heavy atom. The van der Waals surface area contributed by atoms with E-state index >= 15 is 0 Å². The van der Waals surface area contributed by atoms with Gasteiger partial charge in [-0.25, -0.2) is 0 Å². The van der Waals surface area contributed by atoms with E-state index < -0.39 is 0 Å². The maximum atomic E-state index is 12.0. The lowest BCUT2D eigenvalue weighted by Crippen LogP contribution is -2.25. The Kier molecular flexibility index (Phi) is 2.63. The third-order valence-corrected chi connectivity index (χ3v) is 3.35. The normalized spacial score (nSPS) is 13.8. The molecule has 1 amide bonds. The van der Waals surface area contributed by atoms with Gasteiger partial charge in [-0.2, -0.15) is 0 Å². The minimum Gasteiger partial charge on any atom is -0.307 e. The molecule has 0 atom stereocenters. The predicted octanol–water partition coefficient (Wildman–Crippen LogP) is 3.08. The molecule has 0 saturated heterocycles. The monoisotopic (exact) mass is 237 g/mol. The first kappa shape index (κ1) is 11.0. The van der Waals surface area contributed by atoms with Crippen LogP contribution in [0.25, 0.3) is 0 Å². The molecule has 0 unspecified atom stereocenters. The molecule has 1 heterocycles. The Morgan fingerprint density at radius 2 is 1.94 bits per heavy atom. The van der Waals surface area contributed by atoms with E-state index in [4.69, 9.17) is 0 Å². The molecule has 2 heteroatoms. The molecule has 0 bridgehead atoms. The number of nitrogens with zero attached hydrogens (tertiary/aromatic N) is 1. The van der Waals surface area contributed by atoms with Gasteiger partial charge in [0.2, 0.25) is 5.91 Å². The Hall–Kier alpha value is -2.09. The van der Waals surface area contributed by atoms with E-state index in [1.54, 1.807) is 0 Å². The number of aryl methyl sites for hydroxylation is 1. The first-order valence-corrected chi connectivity index (χ1v) is 6.18. The smallest absolute Gasteiger partial charge is 0.231 e. The highest BCUT2D eigenvalue weighted by Crippen LogP contribution is 2.29. The third kappa shape index (κ3) is 1.90. The van der Waals surface area contributed by atoms with Crippen LogP contribution in [0.3, 0.4) is 0 Å². The van der Waals surface area contributed by atoms with Gasteiger partial charge in [0.15, 0.2) is 0 Å². The summed E-state index contributed by atoms with van der Waals surface area (Å²) < 4.78 is 0. The van der Waals surface area contributed by atoms with Gasteiger partial charge in [0.05, 0.1) is 13.0 Å². The standard InChI is InChI=1S/C16H15NO/c1-12-5-4-6-13(9-12)11-17-15-8-3-2-7-14(15)10-16(17)18/h2-9H,10-11H2,1H3. The number of carbonyl (C=O) groups excluding carboxylic acids is 1. The summed E-state index contributed by atoms with van der Waals surface area (Å²) in [6.07, 6.45) is 0.530. The van der Waals surface area contributed by atoms with Crippen molar-refractivity contribution in [2.75, 3.05) is 4.90 Å². The molecule has 0 radical (unpaired) electrons. The molecule has 2 aromatic carbocycles. The van der Waals surface area contributed by atoms with Crippen LogP contribution in [0.4, 0.5) is 5.69 Å². The molecule has 0 N–H and O–H groups in total. The van der Waals surface area contributed by atoms with Crippen molar-refractivity contribution in [1.29, 1.82) is 0 Å². The molecule has 0 aromatic heterocycles.